The van der Waals surface area contributed by atoms with Crippen molar-refractivity contribution in [3.8, 4) is 0 Å². The minimum absolute atomic E-state index is 0.0543. The number of carbonyl (C=O) groups is 2. The highest BCUT2D eigenvalue weighted by Crippen LogP contribution is 2.32. The van der Waals surface area contributed by atoms with Gasteiger partial charge in [0.1, 0.15) is 0 Å². The Kier molecular flexibility index (Phi) is 5.22. The molecule has 120 valence electrons. The molecule has 0 N–H and O–H groups in total. The van der Waals surface area contributed by atoms with Crippen LogP contribution in [0.25, 0.3) is 0 Å². The molecule has 0 spiro atoms. The molecule has 2 rings (SSSR count). The Balaban J connectivity index is 2.22. The molecule has 1 aliphatic rings. The van der Waals surface area contributed by atoms with Crippen molar-refractivity contribution in [3.05, 3.63) is 29.8 Å². The smallest absolute Gasteiger partial charge is 0.227 e. The number of benzene rings is 1. The van der Waals surface area contributed by atoms with Gasteiger partial charge in [-0.3, -0.25) is 9.59 Å². The number of para-hydroxylation sites is 1. The van der Waals surface area contributed by atoms with Gasteiger partial charge in [0.05, 0.1) is 5.92 Å². The maximum Gasteiger partial charge on any atom is 0.227 e. The first kappa shape index (κ1) is 16.5. The third-order valence-electron chi connectivity index (χ3n) is 4.40. The summed E-state index contributed by atoms with van der Waals surface area (Å²) in [4.78, 5) is 28.5. The summed E-state index contributed by atoms with van der Waals surface area (Å²) < 4.78 is 0. The zero-order chi connectivity index (χ0) is 16.3. The maximum atomic E-state index is 12.5. The highest BCUT2D eigenvalue weighted by molar-refractivity contribution is 6.00. The Morgan fingerprint density at radius 2 is 1.91 bits per heavy atom. The van der Waals surface area contributed by atoms with E-state index in [1.807, 2.05) is 36.9 Å². The van der Waals surface area contributed by atoms with Gasteiger partial charge in [0.25, 0.3) is 0 Å². The van der Waals surface area contributed by atoms with Crippen molar-refractivity contribution in [1.82, 2.24) is 4.90 Å². The predicted octanol–water partition coefficient (Wildman–Crippen LogP) is 3.03. The summed E-state index contributed by atoms with van der Waals surface area (Å²) in [6, 6.07) is 8.00. The molecule has 1 atom stereocenters. The largest absolute Gasteiger partial charge is 0.343 e. The average molecular weight is 302 g/mol. The summed E-state index contributed by atoms with van der Waals surface area (Å²) in [5.74, 6) is 0.288. The van der Waals surface area contributed by atoms with E-state index in [0.29, 0.717) is 32.0 Å². The molecule has 4 nitrogen and oxygen atoms in total. The van der Waals surface area contributed by atoms with E-state index < -0.39 is 0 Å². The molecule has 1 aliphatic heterocycles. The van der Waals surface area contributed by atoms with Gasteiger partial charge >= 0.3 is 0 Å². The van der Waals surface area contributed by atoms with Crippen molar-refractivity contribution in [2.75, 3.05) is 24.5 Å². The zero-order valence-electron chi connectivity index (χ0n) is 14.0. The minimum Gasteiger partial charge on any atom is -0.343 e. The van der Waals surface area contributed by atoms with Crippen molar-refractivity contribution >= 4 is 17.5 Å². The standard InChI is InChI=1S/C18H26N2O2/c1-5-19(6-2)18(22)14-11-17(21)20(12-14)16-10-8-7-9-15(16)13(3)4/h7-10,13-14H,5-6,11-12H2,1-4H3. The second-order valence-corrected chi connectivity index (χ2v) is 6.13. The SMILES string of the molecule is CCN(CC)C(=O)C1CC(=O)N(c2ccccc2C(C)C)C1. The number of hydrogen-bond acceptors (Lipinski definition) is 2. The van der Waals surface area contributed by atoms with Crippen LogP contribution >= 0.6 is 0 Å². The molecule has 2 amide bonds. The molecular formula is C18H26N2O2. The summed E-state index contributed by atoms with van der Waals surface area (Å²) in [6.45, 7) is 10.1. The molecule has 0 aliphatic carbocycles. The highest BCUT2D eigenvalue weighted by atomic mass is 16.2. The monoisotopic (exact) mass is 302 g/mol. The summed E-state index contributed by atoms with van der Waals surface area (Å²) in [5.41, 5.74) is 2.11. The molecular weight excluding hydrogens is 276 g/mol. The van der Waals surface area contributed by atoms with Crippen molar-refractivity contribution in [2.24, 2.45) is 5.92 Å². The first-order valence-corrected chi connectivity index (χ1v) is 8.17. The molecule has 1 saturated heterocycles. The van der Waals surface area contributed by atoms with Crippen LogP contribution in [-0.2, 0) is 9.59 Å². The second-order valence-electron chi connectivity index (χ2n) is 6.13. The highest BCUT2D eigenvalue weighted by Gasteiger charge is 2.37. The fourth-order valence-corrected chi connectivity index (χ4v) is 3.12. The average Bonchev–Trinajstić information content (AvgIpc) is 2.90. The van der Waals surface area contributed by atoms with E-state index in [-0.39, 0.29) is 17.7 Å². The Hall–Kier alpha value is -1.84. The molecule has 0 radical (unpaired) electrons. The Bertz CT molecular complexity index is 550. The van der Waals surface area contributed by atoms with Gasteiger partial charge in [-0.1, -0.05) is 32.0 Å². The molecule has 1 fully saturated rings. The van der Waals surface area contributed by atoms with Gasteiger partial charge in [-0.2, -0.15) is 0 Å². The number of amides is 2. The van der Waals surface area contributed by atoms with Gasteiger partial charge in [-0.15, -0.1) is 0 Å². The Morgan fingerprint density at radius 3 is 2.50 bits per heavy atom. The molecule has 1 aromatic carbocycles. The van der Waals surface area contributed by atoms with Crippen LogP contribution in [0.3, 0.4) is 0 Å². The summed E-state index contributed by atoms with van der Waals surface area (Å²) in [6.07, 6.45) is 0.321. The van der Waals surface area contributed by atoms with E-state index in [4.69, 9.17) is 0 Å². The van der Waals surface area contributed by atoms with E-state index in [1.54, 1.807) is 4.90 Å². The normalized spacial score (nSPS) is 18.1. The van der Waals surface area contributed by atoms with Gasteiger partial charge < -0.3 is 9.80 Å². The Labute approximate surface area is 133 Å². The third-order valence-corrected chi connectivity index (χ3v) is 4.40. The van der Waals surface area contributed by atoms with E-state index in [1.165, 1.54) is 0 Å². The first-order valence-electron chi connectivity index (χ1n) is 8.17. The lowest BCUT2D eigenvalue weighted by atomic mass is 10.0. The quantitative estimate of drug-likeness (QED) is 0.839. The molecule has 0 aromatic heterocycles. The van der Waals surface area contributed by atoms with E-state index in [9.17, 15) is 9.59 Å². The topological polar surface area (TPSA) is 40.6 Å². The number of nitrogens with zero attached hydrogens (tertiary/aromatic N) is 2. The molecule has 1 unspecified atom stereocenters. The number of anilines is 1. The lowest BCUT2D eigenvalue weighted by Crippen LogP contribution is -2.37. The van der Waals surface area contributed by atoms with E-state index >= 15 is 0 Å². The fraction of sp³-hybridized carbons (Fsp3) is 0.556. The lowest BCUT2D eigenvalue weighted by molar-refractivity contribution is -0.135. The first-order chi connectivity index (χ1) is 10.5. The lowest BCUT2D eigenvalue weighted by Gasteiger charge is -2.24. The Morgan fingerprint density at radius 1 is 1.27 bits per heavy atom. The van der Waals surface area contributed by atoms with Crippen molar-refractivity contribution in [3.63, 3.8) is 0 Å². The summed E-state index contributed by atoms with van der Waals surface area (Å²) in [7, 11) is 0. The van der Waals surface area contributed by atoms with Gasteiger partial charge in [-0.05, 0) is 31.4 Å². The van der Waals surface area contributed by atoms with Crippen LogP contribution < -0.4 is 4.90 Å². The number of hydrogen-bond donors (Lipinski definition) is 0. The predicted molar refractivity (Wildman–Crippen MR) is 88.9 cm³/mol. The van der Waals surface area contributed by atoms with Gasteiger partial charge in [0.15, 0.2) is 0 Å². The van der Waals surface area contributed by atoms with Crippen molar-refractivity contribution < 1.29 is 9.59 Å². The third kappa shape index (κ3) is 3.16. The summed E-state index contributed by atoms with van der Waals surface area (Å²) >= 11 is 0. The molecule has 1 heterocycles. The van der Waals surface area contributed by atoms with Gasteiger partial charge in [-0.25, -0.2) is 0 Å². The van der Waals surface area contributed by atoms with Crippen LogP contribution in [0.4, 0.5) is 5.69 Å². The van der Waals surface area contributed by atoms with Crippen LogP contribution in [0.15, 0.2) is 24.3 Å². The van der Waals surface area contributed by atoms with E-state index in [2.05, 4.69) is 19.9 Å². The van der Waals surface area contributed by atoms with Crippen molar-refractivity contribution in [2.45, 2.75) is 40.0 Å². The number of rotatable bonds is 5. The van der Waals surface area contributed by atoms with Crippen LogP contribution in [-0.4, -0.2) is 36.3 Å². The fourth-order valence-electron chi connectivity index (χ4n) is 3.12. The van der Waals surface area contributed by atoms with Gasteiger partial charge in [0, 0.05) is 31.7 Å². The zero-order valence-corrected chi connectivity index (χ0v) is 14.0. The molecule has 0 bridgehead atoms. The van der Waals surface area contributed by atoms with Crippen LogP contribution in [0.1, 0.15) is 45.6 Å². The van der Waals surface area contributed by atoms with E-state index in [0.717, 1.165) is 11.3 Å². The van der Waals surface area contributed by atoms with Crippen LogP contribution in [0.2, 0.25) is 0 Å². The minimum atomic E-state index is -0.215. The van der Waals surface area contributed by atoms with Crippen LogP contribution in [0, 0.1) is 5.92 Å². The number of carbonyl (C=O) groups excluding carboxylic acids is 2. The molecule has 1 aromatic rings. The molecule has 0 saturated carbocycles. The summed E-state index contributed by atoms with van der Waals surface area (Å²) in [5, 5.41) is 0. The van der Waals surface area contributed by atoms with Gasteiger partial charge in [0.2, 0.25) is 11.8 Å². The second kappa shape index (κ2) is 6.95. The van der Waals surface area contributed by atoms with Crippen molar-refractivity contribution in [1.29, 1.82) is 0 Å². The van der Waals surface area contributed by atoms with Crippen LogP contribution in [0.5, 0.6) is 0 Å². The maximum absolute atomic E-state index is 12.5. The molecule has 4 heteroatoms. The molecule has 22 heavy (non-hydrogen) atoms.